The van der Waals surface area contributed by atoms with E-state index in [1.54, 1.807) is 30.4 Å². The van der Waals surface area contributed by atoms with Crippen LogP contribution in [-0.2, 0) is 5.75 Å². The summed E-state index contributed by atoms with van der Waals surface area (Å²) < 4.78 is 1.85. The second-order valence-corrected chi connectivity index (χ2v) is 5.34. The third kappa shape index (κ3) is 2.83. The molecule has 2 heterocycles. The Balaban J connectivity index is 1.68. The van der Waals surface area contributed by atoms with Crippen molar-refractivity contribution in [3.63, 3.8) is 0 Å². The van der Waals surface area contributed by atoms with Gasteiger partial charge in [0.15, 0.2) is 0 Å². The number of hydrogen-bond acceptors (Lipinski definition) is 4. The Morgan fingerprint density at radius 2 is 1.95 bits per heavy atom. The number of rotatable bonds is 4. The molecule has 20 heavy (non-hydrogen) atoms. The molecule has 0 spiro atoms. The van der Waals surface area contributed by atoms with Gasteiger partial charge in [-0.05, 0) is 29.8 Å². The van der Waals surface area contributed by atoms with Crippen LogP contribution in [0.25, 0.3) is 5.69 Å². The molecule has 2 N–H and O–H groups in total. The molecule has 0 fully saturated rings. The maximum Gasteiger partial charge on any atom is 0.0645 e. The van der Waals surface area contributed by atoms with E-state index in [1.807, 2.05) is 23.0 Å². The van der Waals surface area contributed by atoms with E-state index < -0.39 is 0 Å². The molecular weight excluding hydrogens is 268 g/mol. The molecule has 4 nitrogen and oxygen atoms in total. The van der Waals surface area contributed by atoms with Crippen LogP contribution in [0.1, 0.15) is 5.56 Å². The third-order valence-corrected chi connectivity index (χ3v) is 4.07. The Kier molecular flexibility index (Phi) is 3.69. The van der Waals surface area contributed by atoms with Crippen LogP contribution in [0.15, 0.2) is 66.1 Å². The number of thioether (sulfide) groups is 1. The fraction of sp³-hybridized carbons (Fsp3) is 0.0667. The van der Waals surface area contributed by atoms with Crippen molar-refractivity contribution in [3.8, 4) is 5.69 Å². The summed E-state index contributed by atoms with van der Waals surface area (Å²) in [7, 11) is 0. The van der Waals surface area contributed by atoms with E-state index in [2.05, 4.69) is 34.3 Å². The molecule has 100 valence electrons. The highest BCUT2D eigenvalue weighted by Gasteiger charge is 2.01. The summed E-state index contributed by atoms with van der Waals surface area (Å²) in [6.45, 7) is 0. The lowest BCUT2D eigenvalue weighted by atomic mass is 10.2. The van der Waals surface area contributed by atoms with E-state index in [0.717, 1.165) is 22.0 Å². The topological polar surface area (TPSA) is 56.7 Å². The van der Waals surface area contributed by atoms with Gasteiger partial charge in [0.1, 0.15) is 0 Å². The maximum atomic E-state index is 5.88. The Morgan fingerprint density at radius 1 is 1.10 bits per heavy atom. The molecule has 0 aliphatic rings. The van der Waals surface area contributed by atoms with Crippen molar-refractivity contribution in [3.05, 3.63) is 66.7 Å². The van der Waals surface area contributed by atoms with Crippen molar-refractivity contribution in [1.82, 2.24) is 14.8 Å². The Morgan fingerprint density at radius 3 is 2.65 bits per heavy atom. The van der Waals surface area contributed by atoms with Gasteiger partial charge in [0.05, 0.1) is 17.6 Å². The molecule has 0 aliphatic carbocycles. The van der Waals surface area contributed by atoms with Crippen LogP contribution in [-0.4, -0.2) is 14.8 Å². The van der Waals surface area contributed by atoms with Crippen molar-refractivity contribution < 1.29 is 0 Å². The first-order chi connectivity index (χ1) is 9.83. The highest BCUT2D eigenvalue weighted by Crippen LogP contribution is 2.27. The number of nitrogens with zero attached hydrogens (tertiary/aromatic N) is 3. The van der Waals surface area contributed by atoms with Gasteiger partial charge in [-0.15, -0.1) is 11.8 Å². The molecule has 0 atom stereocenters. The number of nitrogen functional groups attached to an aromatic ring is 1. The summed E-state index contributed by atoms with van der Waals surface area (Å²) in [5.74, 6) is 0.883. The van der Waals surface area contributed by atoms with Gasteiger partial charge in [0.25, 0.3) is 0 Å². The Hall–Kier alpha value is -2.27. The van der Waals surface area contributed by atoms with Crippen LogP contribution < -0.4 is 5.73 Å². The number of nitrogens with two attached hydrogens (primary N) is 1. The lowest BCUT2D eigenvalue weighted by Gasteiger charge is -2.06. The van der Waals surface area contributed by atoms with Gasteiger partial charge in [-0.2, -0.15) is 5.10 Å². The minimum absolute atomic E-state index is 0.727. The fourth-order valence-electron chi connectivity index (χ4n) is 1.85. The molecule has 0 bridgehead atoms. The standard InChI is InChI=1S/C15H14N4S/c16-14-10-17-8-6-15(14)20-11-12-2-4-13(5-3-12)19-9-1-7-18-19/h1-10H,11,16H2. The van der Waals surface area contributed by atoms with E-state index in [1.165, 1.54) is 5.56 Å². The minimum Gasteiger partial charge on any atom is -0.397 e. The van der Waals surface area contributed by atoms with E-state index in [9.17, 15) is 0 Å². The fourth-order valence-corrected chi connectivity index (χ4v) is 2.74. The zero-order valence-electron chi connectivity index (χ0n) is 10.8. The molecule has 0 aliphatic heterocycles. The number of benzene rings is 1. The van der Waals surface area contributed by atoms with Crippen LogP contribution >= 0.6 is 11.8 Å². The summed E-state index contributed by atoms with van der Waals surface area (Å²) in [6.07, 6.45) is 7.15. The summed E-state index contributed by atoms with van der Waals surface area (Å²) in [4.78, 5) is 5.06. The lowest BCUT2D eigenvalue weighted by molar-refractivity contribution is 0.880. The van der Waals surface area contributed by atoms with Gasteiger partial charge in [0.2, 0.25) is 0 Å². The first-order valence-electron chi connectivity index (χ1n) is 6.24. The first-order valence-corrected chi connectivity index (χ1v) is 7.23. The predicted molar refractivity (Wildman–Crippen MR) is 81.8 cm³/mol. The van der Waals surface area contributed by atoms with Crippen LogP contribution in [0.3, 0.4) is 0 Å². The Bertz CT molecular complexity index is 677. The summed E-state index contributed by atoms with van der Waals surface area (Å²) in [6, 6.07) is 12.2. The molecular formula is C15H14N4S. The monoisotopic (exact) mass is 282 g/mol. The van der Waals surface area contributed by atoms with Crippen LogP contribution in [0.4, 0.5) is 5.69 Å². The predicted octanol–water partition coefficient (Wildman–Crippen LogP) is 3.14. The molecule has 3 rings (SSSR count). The molecule has 0 saturated carbocycles. The average Bonchev–Trinajstić information content (AvgIpc) is 3.01. The summed E-state index contributed by atoms with van der Waals surface area (Å²) in [5.41, 5.74) is 8.92. The van der Waals surface area contributed by atoms with Gasteiger partial charge in [0, 0.05) is 29.2 Å². The highest BCUT2D eigenvalue weighted by atomic mass is 32.2. The number of pyridine rings is 1. The smallest absolute Gasteiger partial charge is 0.0645 e. The van der Waals surface area contributed by atoms with Crippen LogP contribution in [0.5, 0.6) is 0 Å². The Labute approximate surface area is 121 Å². The van der Waals surface area contributed by atoms with E-state index in [-0.39, 0.29) is 0 Å². The van der Waals surface area contributed by atoms with Crippen LogP contribution in [0, 0.1) is 0 Å². The minimum atomic E-state index is 0.727. The molecule has 0 radical (unpaired) electrons. The first kappa shape index (κ1) is 12.7. The highest BCUT2D eigenvalue weighted by molar-refractivity contribution is 7.98. The largest absolute Gasteiger partial charge is 0.397 e. The lowest BCUT2D eigenvalue weighted by Crippen LogP contribution is -1.94. The van der Waals surface area contributed by atoms with Gasteiger partial charge in [-0.3, -0.25) is 4.98 Å². The molecule has 3 aromatic rings. The molecule has 0 unspecified atom stereocenters. The molecule has 1 aromatic carbocycles. The van der Waals surface area contributed by atoms with Crippen molar-refractivity contribution in [2.75, 3.05) is 5.73 Å². The zero-order chi connectivity index (χ0) is 13.8. The summed E-state index contributed by atoms with van der Waals surface area (Å²) >= 11 is 1.72. The zero-order valence-corrected chi connectivity index (χ0v) is 11.6. The van der Waals surface area contributed by atoms with Crippen molar-refractivity contribution in [1.29, 1.82) is 0 Å². The second-order valence-electron chi connectivity index (χ2n) is 4.32. The van der Waals surface area contributed by atoms with Gasteiger partial charge in [-0.25, -0.2) is 4.68 Å². The molecule has 0 amide bonds. The second kappa shape index (κ2) is 5.79. The van der Waals surface area contributed by atoms with Gasteiger partial charge >= 0.3 is 0 Å². The van der Waals surface area contributed by atoms with E-state index in [4.69, 9.17) is 5.73 Å². The quantitative estimate of drug-likeness (QED) is 0.747. The van der Waals surface area contributed by atoms with Crippen molar-refractivity contribution in [2.24, 2.45) is 0 Å². The summed E-state index contributed by atoms with van der Waals surface area (Å²) in [5, 5.41) is 4.21. The van der Waals surface area contributed by atoms with Gasteiger partial charge in [-0.1, -0.05) is 12.1 Å². The SMILES string of the molecule is Nc1cnccc1SCc1ccc(-n2cccn2)cc1. The van der Waals surface area contributed by atoms with E-state index in [0.29, 0.717) is 0 Å². The molecule has 2 aromatic heterocycles. The average molecular weight is 282 g/mol. The van der Waals surface area contributed by atoms with Crippen molar-refractivity contribution in [2.45, 2.75) is 10.6 Å². The molecule has 0 saturated heterocycles. The van der Waals surface area contributed by atoms with Crippen LogP contribution in [0.2, 0.25) is 0 Å². The normalized spacial score (nSPS) is 10.6. The van der Waals surface area contributed by atoms with Gasteiger partial charge < -0.3 is 5.73 Å². The maximum absolute atomic E-state index is 5.88. The molecule has 5 heteroatoms. The number of anilines is 1. The van der Waals surface area contributed by atoms with E-state index >= 15 is 0 Å². The van der Waals surface area contributed by atoms with Crippen molar-refractivity contribution >= 4 is 17.4 Å². The number of aromatic nitrogens is 3. The number of hydrogen-bond donors (Lipinski definition) is 1. The third-order valence-electron chi connectivity index (χ3n) is 2.91.